The smallest absolute Gasteiger partial charge is 0.317 e. The summed E-state index contributed by atoms with van der Waals surface area (Å²) in [5, 5.41) is 19.9. The molecule has 0 aliphatic rings. The standard InChI is InChI=1S/C29H32N2O6.2Na/c1-3-31(4-2)22-12-14-25-26(18-22)37-27(30-25)21-10-9-20-17-23(13-11-19(20)16-21)36-15-7-5-6-8-24(28(32)33)29(34)35;;/h9-14,16-18,24H,3-8,15H2,1-2H3,(H,32,33)(H,34,35);;. The number of oxazole rings is 1. The normalized spacial score (nSPS) is 10.7. The fourth-order valence-electron chi connectivity index (χ4n) is 4.44. The molecule has 0 atom stereocenters. The van der Waals surface area contributed by atoms with Crippen LogP contribution in [-0.2, 0) is 9.59 Å². The summed E-state index contributed by atoms with van der Waals surface area (Å²) in [5.74, 6) is -2.58. The van der Waals surface area contributed by atoms with Crippen LogP contribution in [0.5, 0.6) is 5.75 Å². The number of fused-ring (bicyclic) bond motifs is 2. The predicted molar refractivity (Wildman–Crippen MR) is 155 cm³/mol. The van der Waals surface area contributed by atoms with E-state index in [1.54, 1.807) is 0 Å². The van der Waals surface area contributed by atoms with E-state index in [2.05, 4.69) is 35.9 Å². The van der Waals surface area contributed by atoms with Gasteiger partial charge in [0.25, 0.3) is 0 Å². The number of benzene rings is 3. The van der Waals surface area contributed by atoms with Gasteiger partial charge in [-0.1, -0.05) is 25.0 Å². The monoisotopic (exact) mass is 550 g/mol. The van der Waals surface area contributed by atoms with Crippen LogP contribution < -0.4 is 9.64 Å². The van der Waals surface area contributed by atoms with Gasteiger partial charge in [-0.2, -0.15) is 0 Å². The van der Waals surface area contributed by atoms with Gasteiger partial charge < -0.3 is 24.3 Å². The van der Waals surface area contributed by atoms with Crippen LogP contribution in [0.2, 0.25) is 0 Å². The maximum absolute atomic E-state index is 10.9. The first kappa shape index (κ1) is 33.1. The van der Waals surface area contributed by atoms with Gasteiger partial charge in [-0.05, 0) is 73.9 Å². The summed E-state index contributed by atoms with van der Waals surface area (Å²) in [7, 11) is 0. The molecule has 2 radical (unpaired) electrons. The topological polar surface area (TPSA) is 113 Å². The number of hydrogen-bond acceptors (Lipinski definition) is 6. The number of unbranched alkanes of at least 4 members (excludes halogenated alkanes) is 2. The Morgan fingerprint density at radius 3 is 2.28 bits per heavy atom. The van der Waals surface area contributed by atoms with Gasteiger partial charge in [0.2, 0.25) is 5.89 Å². The first-order valence-corrected chi connectivity index (χ1v) is 12.7. The zero-order chi connectivity index (χ0) is 26.4. The first-order chi connectivity index (χ1) is 17.9. The van der Waals surface area contributed by atoms with Crippen molar-refractivity contribution >= 4 is 98.6 Å². The minimum atomic E-state index is -1.34. The van der Waals surface area contributed by atoms with Gasteiger partial charge in [0.1, 0.15) is 11.3 Å². The Morgan fingerprint density at radius 1 is 0.897 bits per heavy atom. The fourth-order valence-corrected chi connectivity index (χ4v) is 4.44. The summed E-state index contributed by atoms with van der Waals surface area (Å²) in [6.45, 7) is 6.60. The van der Waals surface area contributed by atoms with Crippen molar-refractivity contribution in [1.82, 2.24) is 4.98 Å². The number of hydrogen-bond donors (Lipinski definition) is 2. The van der Waals surface area contributed by atoms with Crippen LogP contribution in [0.15, 0.2) is 59.0 Å². The number of ether oxygens (including phenoxy) is 1. The molecule has 0 aliphatic heterocycles. The van der Waals surface area contributed by atoms with E-state index in [9.17, 15) is 9.59 Å². The molecular weight excluding hydrogens is 518 g/mol. The predicted octanol–water partition coefficient (Wildman–Crippen LogP) is 5.46. The number of aromatic nitrogens is 1. The van der Waals surface area contributed by atoms with Gasteiger partial charge in [-0.25, -0.2) is 4.98 Å². The molecule has 1 heterocycles. The third kappa shape index (κ3) is 8.46. The van der Waals surface area contributed by atoms with E-state index < -0.39 is 17.9 Å². The van der Waals surface area contributed by atoms with Crippen molar-refractivity contribution in [3.8, 4) is 17.2 Å². The third-order valence-electron chi connectivity index (χ3n) is 6.56. The molecule has 0 bridgehead atoms. The van der Waals surface area contributed by atoms with E-state index in [1.807, 2.05) is 42.5 Å². The van der Waals surface area contributed by atoms with Crippen LogP contribution in [0.25, 0.3) is 33.3 Å². The number of rotatable bonds is 13. The molecule has 0 unspecified atom stereocenters. The van der Waals surface area contributed by atoms with E-state index in [-0.39, 0.29) is 65.5 Å². The van der Waals surface area contributed by atoms with Crippen molar-refractivity contribution in [2.24, 2.45) is 5.92 Å². The van der Waals surface area contributed by atoms with Crippen molar-refractivity contribution in [3.63, 3.8) is 0 Å². The molecule has 196 valence electrons. The molecule has 4 rings (SSSR count). The number of carboxylic acid groups (broad SMARTS) is 2. The number of aliphatic carboxylic acids is 2. The van der Waals surface area contributed by atoms with E-state index >= 15 is 0 Å². The SMILES string of the molecule is CCN(CC)c1ccc2nc(-c3ccc4cc(OCCCCCC(C(=O)O)C(=O)O)ccc4c3)oc2c1.[Na].[Na]. The summed E-state index contributed by atoms with van der Waals surface area (Å²) >= 11 is 0. The Bertz CT molecular complexity index is 1390. The maximum Gasteiger partial charge on any atom is 0.317 e. The number of carbonyl (C=O) groups is 2. The maximum atomic E-state index is 10.9. The largest absolute Gasteiger partial charge is 0.494 e. The Hall–Kier alpha value is -2.07. The fraction of sp³-hybridized carbons (Fsp3) is 0.345. The average molecular weight is 551 g/mol. The summed E-state index contributed by atoms with van der Waals surface area (Å²) < 4.78 is 12.0. The van der Waals surface area contributed by atoms with Crippen molar-refractivity contribution in [1.29, 1.82) is 0 Å². The van der Waals surface area contributed by atoms with Crippen molar-refractivity contribution in [3.05, 3.63) is 54.6 Å². The molecule has 0 amide bonds. The van der Waals surface area contributed by atoms with Crippen LogP contribution in [0, 0.1) is 5.92 Å². The molecule has 2 N–H and O–H groups in total. The molecule has 0 spiro atoms. The molecule has 0 fully saturated rings. The molecular formula is C29H32N2Na2O6. The Kier molecular flexibility index (Phi) is 13.3. The minimum absolute atomic E-state index is 0. The van der Waals surface area contributed by atoms with Crippen LogP contribution in [-0.4, -0.2) is 106 Å². The van der Waals surface area contributed by atoms with E-state index in [4.69, 9.17) is 19.4 Å². The van der Waals surface area contributed by atoms with Crippen molar-refractivity contribution < 1.29 is 29.0 Å². The van der Waals surface area contributed by atoms with Gasteiger partial charge in [-0.15, -0.1) is 0 Å². The van der Waals surface area contributed by atoms with Gasteiger partial charge in [0.15, 0.2) is 11.5 Å². The van der Waals surface area contributed by atoms with Crippen LogP contribution in [0.4, 0.5) is 5.69 Å². The minimum Gasteiger partial charge on any atom is -0.494 e. The Labute approximate surface area is 272 Å². The molecule has 8 nitrogen and oxygen atoms in total. The quantitative estimate of drug-likeness (QED) is 0.128. The zero-order valence-corrected chi connectivity index (χ0v) is 27.1. The van der Waals surface area contributed by atoms with Crippen molar-refractivity contribution in [2.45, 2.75) is 39.5 Å². The first-order valence-electron chi connectivity index (χ1n) is 12.7. The van der Waals surface area contributed by atoms with E-state index in [1.165, 1.54) is 0 Å². The number of carboxylic acids is 2. The summed E-state index contributed by atoms with van der Waals surface area (Å²) in [4.78, 5) is 28.8. The molecule has 0 aliphatic carbocycles. The van der Waals surface area contributed by atoms with E-state index in [0.717, 1.165) is 58.4 Å². The summed E-state index contributed by atoms with van der Waals surface area (Å²) in [6, 6.07) is 18.1. The van der Waals surface area contributed by atoms with E-state index in [0.29, 0.717) is 25.3 Å². The second kappa shape index (κ2) is 15.6. The molecule has 10 heteroatoms. The second-order valence-corrected chi connectivity index (χ2v) is 8.99. The molecule has 4 aromatic rings. The Morgan fingerprint density at radius 2 is 1.59 bits per heavy atom. The molecule has 0 saturated heterocycles. The zero-order valence-electron chi connectivity index (χ0n) is 23.1. The van der Waals surface area contributed by atoms with Gasteiger partial charge >= 0.3 is 11.9 Å². The molecule has 3 aromatic carbocycles. The molecule has 1 aromatic heterocycles. The van der Waals surface area contributed by atoms with Crippen LogP contribution in [0.1, 0.15) is 39.5 Å². The van der Waals surface area contributed by atoms with Gasteiger partial charge in [0, 0.05) is 89.5 Å². The van der Waals surface area contributed by atoms with Crippen LogP contribution in [0.3, 0.4) is 0 Å². The number of anilines is 1. The number of nitrogens with zero attached hydrogens (tertiary/aromatic N) is 2. The van der Waals surface area contributed by atoms with Crippen LogP contribution >= 0.6 is 0 Å². The third-order valence-corrected chi connectivity index (χ3v) is 6.56. The summed E-state index contributed by atoms with van der Waals surface area (Å²) in [5.41, 5.74) is 3.62. The van der Waals surface area contributed by atoms with Gasteiger partial charge in [0.05, 0.1) is 6.61 Å². The second-order valence-electron chi connectivity index (χ2n) is 8.99. The Balaban J connectivity index is 0.00000267. The average Bonchev–Trinajstić information content (AvgIpc) is 3.32. The van der Waals surface area contributed by atoms with Gasteiger partial charge in [-0.3, -0.25) is 9.59 Å². The molecule has 0 saturated carbocycles. The van der Waals surface area contributed by atoms with Crippen molar-refractivity contribution in [2.75, 3.05) is 24.6 Å². The summed E-state index contributed by atoms with van der Waals surface area (Å²) in [6.07, 6.45) is 2.07. The molecule has 39 heavy (non-hydrogen) atoms.